The molecule has 4 aromatic rings. The van der Waals surface area contributed by atoms with Crippen molar-refractivity contribution >= 4 is 38.8 Å². The van der Waals surface area contributed by atoms with E-state index in [2.05, 4.69) is 37.1 Å². The molecule has 1 unspecified atom stereocenters. The van der Waals surface area contributed by atoms with Crippen LogP contribution in [-0.4, -0.2) is 38.1 Å². The minimum Gasteiger partial charge on any atom is -0.487 e. The zero-order valence-electron chi connectivity index (χ0n) is 19.3. The lowest BCUT2D eigenvalue weighted by molar-refractivity contribution is 0.199. The molecule has 1 N–H and O–H groups in total. The SMILES string of the molecule is Cc1cc(N=S(C)C)cc2ncnc(Nc3ccc(F)cc3OC(C)Cn3ccnc3C)c12. The van der Waals surface area contributed by atoms with Crippen molar-refractivity contribution in [1.82, 2.24) is 19.5 Å². The van der Waals surface area contributed by atoms with Gasteiger partial charge in [-0.1, -0.05) is 0 Å². The number of aromatic nitrogens is 4. The van der Waals surface area contributed by atoms with Crippen LogP contribution in [0.2, 0.25) is 0 Å². The maximum absolute atomic E-state index is 14.1. The molecular weight excluding hydrogens is 439 g/mol. The number of imidazole rings is 1. The summed E-state index contributed by atoms with van der Waals surface area (Å²) in [5.74, 6) is 1.57. The zero-order chi connectivity index (χ0) is 23.5. The Bertz CT molecular complexity index is 1330. The summed E-state index contributed by atoms with van der Waals surface area (Å²) in [6.07, 6.45) is 9.09. The summed E-state index contributed by atoms with van der Waals surface area (Å²) >= 11 is 0. The van der Waals surface area contributed by atoms with E-state index in [1.54, 1.807) is 12.3 Å². The van der Waals surface area contributed by atoms with Crippen LogP contribution in [0.5, 0.6) is 5.75 Å². The Kier molecular flexibility index (Phi) is 6.69. The fraction of sp³-hybridized carbons (Fsp3) is 0.292. The van der Waals surface area contributed by atoms with Crippen molar-refractivity contribution in [2.24, 2.45) is 4.36 Å². The molecule has 0 aliphatic rings. The maximum Gasteiger partial charge on any atom is 0.146 e. The average molecular weight is 467 g/mol. The van der Waals surface area contributed by atoms with Crippen molar-refractivity contribution in [2.45, 2.75) is 33.4 Å². The number of hydrogen-bond donors (Lipinski definition) is 1. The number of halogens is 1. The van der Waals surface area contributed by atoms with Crippen LogP contribution in [-0.2, 0) is 17.2 Å². The lowest BCUT2D eigenvalue weighted by atomic mass is 10.1. The third-order valence-corrected chi connectivity index (χ3v) is 5.69. The van der Waals surface area contributed by atoms with Crippen LogP contribution in [0.25, 0.3) is 10.9 Å². The lowest BCUT2D eigenvalue weighted by Gasteiger charge is -2.19. The van der Waals surface area contributed by atoms with Crippen LogP contribution in [0.3, 0.4) is 0 Å². The highest BCUT2D eigenvalue weighted by Crippen LogP contribution is 2.34. The van der Waals surface area contributed by atoms with Crippen molar-refractivity contribution in [3.05, 3.63) is 66.3 Å². The molecule has 33 heavy (non-hydrogen) atoms. The van der Waals surface area contributed by atoms with Gasteiger partial charge in [0.15, 0.2) is 0 Å². The van der Waals surface area contributed by atoms with Crippen LogP contribution in [0.1, 0.15) is 18.3 Å². The van der Waals surface area contributed by atoms with E-state index >= 15 is 0 Å². The summed E-state index contributed by atoms with van der Waals surface area (Å²) in [4.78, 5) is 13.1. The van der Waals surface area contributed by atoms with Crippen molar-refractivity contribution in [2.75, 3.05) is 17.8 Å². The molecule has 2 heterocycles. The number of fused-ring (bicyclic) bond motifs is 1. The summed E-state index contributed by atoms with van der Waals surface area (Å²) < 4.78 is 26.9. The Hall–Kier alpha value is -3.33. The fourth-order valence-electron chi connectivity index (χ4n) is 3.68. The minimum atomic E-state index is -0.369. The van der Waals surface area contributed by atoms with Crippen molar-refractivity contribution in [1.29, 1.82) is 0 Å². The summed E-state index contributed by atoms with van der Waals surface area (Å²) in [5.41, 5.74) is 3.33. The van der Waals surface area contributed by atoms with E-state index in [1.807, 2.05) is 43.7 Å². The normalized spacial score (nSPS) is 12.2. The summed E-state index contributed by atoms with van der Waals surface area (Å²) in [6.45, 7) is 6.49. The summed E-state index contributed by atoms with van der Waals surface area (Å²) in [7, 11) is -0.0713. The molecule has 0 saturated carbocycles. The third kappa shape index (κ3) is 5.36. The number of nitrogens with one attached hydrogen (secondary N) is 1. The molecule has 2 aromatic heterocycles. The Labute approximate surface area is 195 Å². The van der Waals surface area contributed by atoms with Crippen LogP contribution >= 0.6 is 0 Å². The number of nitrogens with zero attached hydrogens (tertiary/aromatic N) is 5. The molecule has 4 rings (SSSR count). The molecule has 1 atom stereocenters. The van der Waals surface area contributed by atoms with Gasteiger partial charge in [0, 0.05) is 23.8 Å². The summed E-state index contributed by atoms with van der Waals surface area (Å²) in [5, 5.41) is 4.22. The van der Waals surface area contributed by atoms with Gasteiger partial charge >= 0.3 is 0 Å². The first-order chi connectivity index (χ1) is 15.8. The molecule has 0 aliphatic carbocycles. The Morgan fingerprint density at radius 3 is 2.70 bits per heavy atom. The first-order valence-corrected chi connectivity index (χ1v) is 12.6. The van der Waals surface area contributed by atoms with Crippen LogP contribution < -0.4 is 10.1 Å². The van der Waals surface area contributed by atoms with E-state index in [-0.39, 0.29) is 22.6 Å². The van der Waals surface area contributed by atoms with E-state index in [0.717, 1.165) is 28.0 Å². The second kappa shape index (κ2) is 9.66. The third-order valence-electron chi connectivity index (χ3n) is 5.11. The van der Waals surface area contributed by atoms with Gasteiger partial charge in [-0.05, 0) is 63.1 Å². The Balaban J connectivity index is 1.65. The fourth-order valence-corrected chi connectivity index (χ4v) is 4.21. The number of ether oxygens (including phenoxy) is 1. The van der Waals surface area contributed by atoms with Gasteiger partial charge < -0.3 is 14.6 Å². The molecule has 0 radical (unpaired) electrons. The summed E-state index contributed by atoms with van der Waals surface area (Å²) in [6, 6.07) is 8.43. The quantitative estimate of drug-likeness (QED) is 0.390. The number of rotatable bonds is 7. The standard InChI is InChI=1S/C24H27FN6OS/c1-15-10-19(30-33(4)5)12-21-23(15)24(28-14-27-21)29-20-7-6-18(25)11-22(20)32-16(2)13-31-9-8-26-17(31)3/h6-12,14,16H,13H2,1-5H3,(H,27,28,29). The van der Waals surface area contributed by atoms with E-state index < -0.39 is 0 Å². The average Bonchev–Trinajstić information content (AvgIpc) is 3.13. The van der Waals surface area contributed by atoms with E-state index in [4.69, 9.17) is 4.74 Å². The number of hydrogen-bond acceptors (Lipinski definition) is 6. The molecule has 0 bridgehead atoms. The second-order valence-electron chi connectivity index (χ2n) is 8.06. The predicted molar refractivity (Wildman–Crippen MR) is 132 cm³/mol. The van der Waals surface area contributed by atoms with E-state index in [0.29, 0.717) is 23.8 Å². The van der Waals surface area contributed by atoms with Crippen molar-refractivity contribution < 1.29 is 9.13 Å². The number of aryl methyl sites for hydroxylation is 2. The lowest BCUT2D eigenvalue weighted by Crippen LogP contribution is -2.20. The highest BCUT2D eigenvalue weighted by molar-refractivity contribution is 7.85. The van der Waals surface area contributed by atoms with Gasteiger partial charge in [-0.3, -0.25) is 0 Å². The van der Waals surface area contributed by atoms with Crippen molar-refractivity contribution in [3.8, 4) is 5.75 Å². The van der Waals surface area contributed by atoms with Crippen LogP contribution in [0.4, 0.5) is 21.6 Å². The van der Waals surface area contributed by atoms with Gasteiger partial charge in [0.05, 0.1) is 23.4 Å². The topological polar surface area (TPSA) is 77.2 Å². The highest BCUT2D eigenvalue weighted by atomic mass is 32.2. The first kappa shape index (κ1) is 22.8. The van der Waals surface area contributed by atoms with Gasteiger partial charge in [-0.2, -0.15) is 0 Å². The van der Waals surface area contributed by atoms with E-state index in [9.17, 15) is 4.39 Å². The molecule has 0 saturated heterocycles. The zero-order valence-corrected chi connectivity index (χ0v) is 20.2. The van der Waals surface area contributed by atoms with Crippen molar-refractivity contribution in [3.63, 3.8) is 0 Å². The molecule has 2 aromatic carbocycles. The number of benzene rings is 2. The monoisotopic (exact) mass is 466 g/mol. The van der Waals surface area contributed by atoms with Crippen LogP contribution in [0.15, 0.2) is 53.4 Å². The molecule has 9 heteroatoms. The molecule has 0 aliphatic heterocycles. The highest BCUT2D eigenvalue weighted by Gasteiger charge is 2.15. The smallest absolute Gasteiger partial charge is 0.146 e. The number of anilines is 2. The van der Waals surface area contributed by atoms with Gasteiger partial charge in [0.25, 0.3) is 0 Å². The van der Waals surface area contributed by atoms with Gasteiger partial charge in [-0.25, -0.2) is 23.7 Å². The molecule has 0 spiro atoms. The Morgan fingerprint density at radius 2 is 1.97 bits per heavy atom. The van der Waals surface area contributed by atoms with E-state index in [1.165, 1.54) is 18.5 Å². The van der Waals surface area contributed by atoms with Crippen LogP contribution in [0, 0.1) is 19.7 Å². The Morgan fingerprint density at radius 1 is 1.15 bits per heavy atom. The first-order valence-electron chi connectivity index (χ1n) is 10.6. The largest absolute Gasteiger partial charge is 0.487 e. The molecule has 0 fully saturated rings. The molecular formula is C24H27FN6OS. The molecule has 7 nitrogen and oxygen atoms in total. The van der Waals surface area contributed by atoms with Gasteiger partial charge in [0.1, 0.15) is 35.6 Å². The molecule has 0 amide bonds. The van der Waals surface area contributed by atoms with Gasteiger partial charge in [0.2, 0.25) is 0 Å². The van der Waals surface area contributed by atoms with Gasteiger partial charge in [-0.15, -0.1) is 10.7 Å². The predicted octanol–water partition coefficient (Wildman–Crippen LogP) is 5.49. The second-order valence-corrected chi connectivity index (χ2v) is 9.79. The minimum absolute atomic E-state index is 0.0713. The maximum atomic E-state index is 14.1. The molecule has 172 valence electrons.